The zero-order valence-corrected chi connectivity index (χ0v) is 17.2. The molecule has 0 unspecified atom stereocenters. The molecule has 0 saturated carbocycles. The van der Waals surface area contributed by atoms with E-state index in [-0.39, 0.29) is 18.3 Å². The number of fused-ring (bicyclic) bond motifs is 1. The number of nitrogens with zero attached hydrogens (tertiary/aromatic N) is 3. The van der Waals surface area contributed by atoms with Crippen molar-refractivity contribution >= 4 is 40.7 Å². The lowest BCUT2D eigenvalue weighted by atomic mass is 10.1. The smallest absolute Gasteiger partial charge is 0.257 e. The number of pyridine rings is 1. The summed E-state index contributed by atoms with van der Waals surface area (Å²) < 4.78 is 7.35. The number of nitrogens with one attached hydrogen (secondary N) is 1. The lowest BCUT2D eigenvalue weighted by Gasteiger charge is -2.27. The van der Waals surface area contributed by atoms with Crippen LogP contribution in [-0.2, 0) is 11.8 Å². The lowest BCUT2D eigenvalue weighted by Crippen LogP contribution is -2.40. The SMILES string of the molecule is Cc1ccc(Nc2ncc(C(=O)N3CCOCC3)c3c2ccn3C)c(C)c1.Cl. The monoisotopic (exact) mass is 400 g/mol. The number of halogens is 1. The third-order valence-corrected chi connectivity index (χ3v) is 5.07. The van der Waals surface area contributed by atoms with Crippen LogP contribution in [0, 0.1) is 13.8 Å². The average Bonchev–Trinajstić information content (AvgIpc) is 3.07. The number of benzene rings is 1. The number of carbonyl (C=O) groups is 1. The molecule has 28 heavy (non-hydrogen) atoms. The third kappa shape index (κ3) is 3.70. The third-order valence-electron chi connectivity index (χ3n) is 5.07. The molecule has 1 fully saturated rings. The quantitative estimate of drug-likeness (QED) is 0.725. The van der Waals surface area contributed by atoms with Gasteiger partial charge in [0.1, 0.15) is 5.82 Å². The summed E-state index contributed by atoms with van der Waals surface area (Å²) in [6.07, 6.45) is 3.65. The van der Waals surface area contributed by atoms with Gasteiger partial charge in [-0.15, -0.1) is 12.4 Å². The first-order chi connectivity index (χ1) is 13.0. The average molecular weight is 401 g/mol. The highest BCUT2D eigenvalue weighted by Gasteiger charge is 2.23. The van der Waals surface area contributed by atoms with Gasteiger partial charge < -0.3 is 19.5 Å². The number of hydrogen-bond acceptors (Lipinski definition) is 4. The van der Waals surface area contributed by atoms with E-state index in [0.717, 1.165) is 28.0 Å². The van der Waals surface area contributed by atoms with Crippen LogP contribution >= 0.6 is 12.4 Å². The summed E-state index contributed by atoms with van der Waals surface area (Å²) in [4.78, 5) is 19.5. The van der Waals surface area contributed by atoms with Crippen LogP contribution in [0.3, 0.4) is 0 Å². The summed E-state index contributed by atoms with van der Waals surface area (Å²) in [6, 6.07) is 8.28. The van der Waals surface area contributed by atoms with E-state index in [1.165, 1.54) is 5.56 Å². The fourth-order valence-corrected chi connectivity index (χ4v) is 3.59. The Balaban J connectivity index is 0.00000225. The molecular weight excluding hydrogens is 376 g/mol. The zero-order valence-electron chi connectivity index (χ0n) is 16.4. The van der Waals surface area contributed by atoms with Gasteiger partial charge in [0.2, 0.25) is 0 Å². The first kappa shape index (κ1) is 20.2. The molecule has 2 aromatic heterocycles. The number of anilines is 2. The second-order valence-electron chi connectivity index (χ2n) is 7.06. The summed E-state index contributed by atoms with van der Waals surface area (Å²) in [7, 11) is 1.96. The molecule has 0 radical (unpaired) electrons. The molecule has 0 aliphatic carbocycles. The van der Waals surface area contributed by atoms with Gasteiger partial charge in [0, 0.05) is 43.6 Å². The van der Waals surface area contributed by atoms with E-state index in [4.69, 9.17) is 4.74 Å². The van der Waals surface area contributed by atoms with Crippen LogP contribution in [0.1, 0.15) is 21.5 Å². The molecule has 0 bridgehead atoms. The van der Waals surface area contributed by atoms with Gasteiger partial charge in [0.05, 0.1) is 24.3 Å². The summed E-state index contributed by atoms with van der Waals surface area (Å²) in [6.45, 7) is 6.56. The lowest BCUT2D eigenvalue weighted by molar-refractivity contribution is 0.0303. The van der Waals surface area contributed by atoms with Crippen molar-refractivity contribution in [1.29, 1.82) is 0 Å². The Morgan fingerprint density at radius 1 is 1.18 bits per heavy atom. The summed E-state index contributed by atoms with van der Waals surface area (Å²) >= 11 is 0. The van der Waals surface area contributed by atoms with Gasteiger partial charge in [-0.05, 0) is 31.5 Å². The molecular formula is C21H25ClN4O2. The number of amides is 1. The van der Waals surface area contributed by atoms with Crippen molar-refractivity contribution in [3.05, 3.63) is 53.3 Å². The van der Waals surface area contributed by atoms with Crippen LogP contribution in [0.2, 0.25) is 0 Å². The number of aromatic nitrogens is 2. The summed E-state index contributed by atoms with van der Waals surface area (Å²) in [5.74, 6) is 0.770. The van der Waals surface area contributed by atoms with Gasteiger partial charge in [-0.3, -0.25) is 4.79 Å². The molecule has 1 N–H and O–H groups in total. The van der Waals surface area contributed by atoms with E-state index in [1.807, 2.05) is 28.8 Å². The van der Waals surface area contributed by atoms with Crippen LogP contribution in [0.4, 0.5) is 11.5 Å². The number of aryl methyl sites for hydroxylation is 3. The number of morpholine rings is 1. The van der Waals surface area contributed by atoms with Crippen molar-refractivity contribution in [3.8, 4) is 0 Å². The van der Waals surface area contributed by atoms with E-state index in [1.54, 1.807) is 6.20 Å². The molecule has 1 aliphatic rings. The second-order valence-corrected chi connectivity index (χ2v) is 7.06. The van der Waals surface area contributed by atoms with E-state index < -0.39 is 0 Å². The minimum absolute atomic E-state index is 0. The normalized spacial score (nSPS) is 14.0. The van der Waals surface area contributed by atoms with E-state index in [0.29, 0.717) is 31.9 Å². The Labute approximate surface area is 170 Å². The Bertz CT molecular complexity index is 1010. The molecule has 0 spiro atoms. The molecule has 3 aromatic rings. The van der Waals surface area contributed by atoms with Crippen LogP contribution in [0.5, 0.6) is 0 Å². The number of rotatable bonds is 3. The molecule has 3 heterocycles. The number of ether oxygens (including phenoxy) is 1. The first-order valence-electron chi connectivity index (χ1n) is 9.20. The maximum atomic E-state index is 13.0. The van der Waals surface area contributed by atoms with Gasteiger partial charge >= 0.3 is 0 Å². The minimum Gasteiger partial charge on any atom is -0.378 e. The molecule has 1 amide bonds. The Hall–Kier alpha value is -2.57. The highest BCUT2D eigenvalue weighted by Crippen LogP contribution is 2.29. The highest BCUT2D eigenvalue weighted by atomic mass is 35.5. The maximum absolute atomic E-state index is 13.0. The standard InChI is InChI=1S/C21H24N4O2.ClH/c1-14-4-5-18(15(2)12-14)23-20-16-6-7-24(3)19(16)17(13-22-20)21(26)25-8-10-27-11-9-25;/h4-7,12-13H,8-11H2,1-3H3,(H,22,23);1H. The predicted molar refractivity (Wildman–Crippen MR) is 114 cm³/mol. The van der Waals surface area contributed by atoms with Crippen molar-refractivity contribution in [3.63, 3.8) is 0 Å². The van der Waals surface area contributed by atoms with E-state index in [2.05, 4.69) is 42.3 Å². The molecule has 0 atom stereocenters. The predicted octanol–water partition coefficient (Wildman–Crippen LogP) is 3.83. The summed E-state index contributed by atoms with van der Waals surface area (Å²) in [5.41, 5.74) is 4.93. The summed E-state index contributed by atoms with van der Waals surface area (Å²) in [5, 5.41) is 4.37. The van der Waals surface area contributed by atoms with E-state index in [9.17, 15) is 4.79 Å². The molecule has 1 aliphatic heterocycles. The molecule has 7 heteroatoms. The van der Waals surface area contributed by atoms with Crippen molar-refractivity contribution in [1.82, 2.24) is 14.5 Å². The maximum Gasteiger partial charge on any atom is 0.257 e. The largest absolute Gasteiger partial charge is 0.378 e. The van der Waals surface area contributed by atoms with E-state index >= 15 is 0 Å². The second kappa shape index (κ2) is 8.20. The molecule has 6 nitrogen and oxygen atoms in total. The van der Waals surface area contributed by atoms with Crippen molar-refractivity contribution < 1.29 is 9.53 Å². The van der Waals surface area contributed by atoms with Gasteiger partial charge in [-0.2, -0.15) is 0 Å². The van der Waals surface area contributed by atoms with Crippen LogP contribution < -0.4 is 5.32 Å². The van der Waals surface area contributed by atoms with Crippen LogP contribution in [-0.4, -0.2) is 46.7 Å². The van der Waals surface area contributed by atoms with Crippen LogP contribution in [0.25, 0.3) is 10.9 Å². The Morgan fingerprint density at radius 3 is 2.64 bits per heavy atom. The zero-order chi connectivity index (χ0) is 19.0. The molecule has 1 saturated heterocycles. The molecule has 4 rings (SSSR count). The number of carbonyl (C=O) groups excluding carboxylic acids is 1. The highest BCUT2D eigenvalue weighted by molar-refractivity contribution is 6.08. The van der Waals surface area contributed by atoms with Crippen molar-refractivity contribution in [2.75, 3.05) is 31.6 Å². The van der Waals surface area contributed by atoms with Crippen molar-refractivity contribution in [2.45, 2.75) is 13.8 Å². The Kier molecular flexibility index (Phi) is 5.91. The van der Waals surface area contributed by atoms with Gasteiger partial charge in [0.25, 0.3) is 5.91 Å². The van der Waals surface area contributed by atoms with Crippen molar-refractivity contribution in [2.24, 2.45) is 7.05 Å². The Morgan fingerprint density at radius 2 is 1.93 bits per heavy atom. The first-order valence-corrected chi connectivity index (χ1v) is 9.20. The number of hydrogen-bond donors (Lipinski definition) is 1. The topological polar surface area (TPSA) is 59.4 Å². The van der Waals surface area contributed by atoms with Crippen LogP contribution in [0.15, 0.2) is 36.7 Å². The fraction of sp³-hybridized carbons (Fsp3) is 0.333. The minimum atomic E-state index is 0. The van der Waals surface area contributed by atoms with Gasteiger partial charge in [0.15, 0.2) is 0 Å². The fourth-order valence-electron chi connectivity index (χ4n) is 3.59. The molecule has 148 valence electrons. The van der Waals surface area contributed by atoms with Gasteiger partial charge in [-0.25, -0.2) is 4.98 Å². The molecule has 1 aromatic carbocycles. The van der Waals surface area contributed by atoms with Gasteiger partial charge in [-0.1, -0.05) is 17.7 Å².